The molecule has 0 radical (unpaired) electrons. The zero-order valence-corrected chi connectivity index (χ0v) is 18.4. The summed E-state index contributed by atoms with van der Waals surface area (Å²) in [7, 11) is 0. The number of hydrogen-bond acceptors (Lipinski definition) is 6. The largest absolute Gasteiger partial charge is 0.428 e. The Balaban J connectivity index is 1.02. The smallest absolute Gasteiger partial charge is 0.253 e. The number of nitrogens with zero attached hydrogens (tertiary/aromatic N) is 3. The Morgan fingerprint density at radius 1 is 1.09 bits per heavy atom. The summed E-state index contributed by atoms with van der Waals surface area (Å²) in [5, 5.41) is 22.1. The van der Waals surface area contributed by atoms with Crippen LogP contribution in [0, 0.1) is 11.8 Å². The van der Waals surface area contributed by atoms with Gasteiger partial charge in [-0.15, -0.1) is 10.2 Å². The number of rotatable bonds is 6. The molecule has 2 aromatic carbocycles. The van der Waals surface area contributed by atoms with E-state index in [4.69, 9.17) is 4.42 Å². The molecule has 3 aromatic rings. The SMILES string of the molecule is O=C(c1ccc(C[C@@H]2CC[C@H]([C@H](O)c3ccccc3)N2)cc1)N1C[C@@H]2[C@H](C1)[C@H]2c1nnco1. The first kappa shape index (κ1) is 20.6. The van der Waals surface area contributed by atoms with Gasteiger partial charge in [-0.2, -0.15) is 0 Å². The molecular formula is C26H28N4O3. The van der Waals surface area contributed by atoms with Gasteiger partial charge in [-0.05, 0) is 54.4 Å². The van der Waals surface area contributed by atoms with E-state index in [0.717, 1.165) is 43.5 Å². The lowest BCUT2D eigenvalue weighted by Crippen LogP contribution is -2.35. The van der Waals surface area contributed by atoms with E-state index >= 15 is 0 Å². The fourth-order valence-electron chi connectivity index (χ4n) is 5.78. The first-order valence-corrected chi connectivity index (χ1v) is 11.8. The molecule has 1 saturated carbocycles. The number of likely N-dealkylation sites (tertiary alicyclic amines) is 1. The molecule has 0 unspecified atom stereocenters. The summed E-state index contributed by atoms with van der Waals surface area (Å²) in [6.07, 6.45) is 3.78. The van der Waals surface area contributed by atoms with Gasteiger partial charge in [-0.25, -0.2) is 0 Å². The van der Waals surface area contributed by atoms with Crippen LogP contribution in [-0.4, -0.2) is 51.3 Å². The van der Waals surface area contributed by atoms with Crippen LogP contribution in [0.15, 0.2) is 65.4 Å². The van der Waals surface area contributed by atoms with Gasteiger partial charge in [0, 0.05) is 36.7 Å². The number of carbonyl (C=O) groups excluding carboxylic acids is 1. The van der Waals surface area contributed by atoms with Gasteiger partial charge in [-0.3, -0.25) is 4.79 Å². The number of nitrogens with one attached hydrogen (secondary N) is 1. The quantitative estimate of drug-likeness (QED) is 0.608. The summed E-state index contributed by atoms with van der Waals surface area (Å²) in [6.45, 7) is 1.52. The van der Waals surface area contributed by atoms with E-state index < -0.39 is 6.10 Å². The van der Waals surface area contributed by atoms with Crippen molar-refractivity contribution in [3.63, 3.8) is 0 Å². The van der Waals surface area contributed by atoms with Crippen molar-refractivity contribution in [2.45, 2.75) is 43.4 Å². The van der Waals surface area contributed by atoms with E-state index in [2.05, 4.69) is 27.6 Å². The molecule has 33 heavy (non-hydrogen) atoms. The molecule has 1 aromatic heterocycles. The third kappa shape index (κ3) is 3.96. The van der Waals surface area contributed by atoms with Crippen LogP contribution in [0.2, 0.25) is 0 Å². The number of carbonyl (C=O) groups is 1. The fraction of sp³-hybridized carbons (Fsp3) is 0.423. The number of piperidine rings is 1. The molecule has 2 saturated heterocycles. The molecule has 2 N–H and O–H groups in total. The standard InChI is InChI=1S/C26H28N4O3/c31-24(17-4-2-1-3-5-17)22-11-10-19(28-22)12-16-6-8-18(9-7-16)26(32)30-13-20-21(14-30)23(20)25-29-27-15-33-25/h1-9,15,19-24,28,31H,10-14H2/t19-,20-,21+,22+,23+,24+/m0/s1. The van der Waals surface area contributed by atoms with Crippen molar-refractivity contribution in [3.8, 4) is 0 Å². The third-order valence-electron chi connectivity index (χ3n) is 7.62. The Hall–Kier alpha value is -3.03. The van der Waals surface area contributed by atoms with Crippen molar-refractivity contribution < 1.29 is 14.3 Å². The summed E-state index contributed by atoms with van der Waals surface area (Å²) >= 11 is 0. The van der Waals surface area contributed by atoms with Gasteiger partial charge < -0.3 is 19.7 Å². The third-order valence-corrected chi connectivity index (χ3v) is 7.62. The minimum Gasteiger partial charge on any atom is -0.428 e. The lowest BCUT2D eigenvalue weighted by atomic mass is 10.0. The second kappa shape index (κ2) is 8.39. The maximum absolute atomic E-state index is 12.9. The molecule has 6 atom stereocenters. The number of benzene rings is 2. The van der Waals surface area contributed by atoms with Gasteiger partial charge in [-0.1, -0.05) is 42.5 Å². The van der Waals surface area contributed by atoms with Crippen LogP contribution in [0.3, 0.4) is 0 Å². The average Bonchev–Trinajstić information content (AvgIpc) is 3.38. The van der Waals surface area contributed by atoms with E-state index in [1.807, 2.05) is 47.4 Å². The Morgan fingerprint density at radius 3 is 2.55 bits per heavy atom. The summed E-state index contributed by atoms with van der Waals surface area (Å²) in [5.41, 5.74) is 2.91. The molecule has 7 heteroatoms. The molecule has 3 heterocycles. The molecule has 3 aliphatic rings. The normalized spacial score (nSPS) is 29.1. The molecule has 1 amide bonds. The highest BCUT2D eigenvalue weighted by molar-refractivity contribution is 5.94. The highest BCUT2D eigenvalue weighted by Gasteiger charge is 2.59. The highest BCUT2D eigenvalue weighted by Crippen LogP contribution is 2.57. The number of fused-ring (bicyclic) bond motifs is 1. The first-order chi connectivity index (χ1) is 16.2. The maximum Gasteiger partial charge on any atom is 0.253 e. The number of amides is 1. The highest BCUT2D eigenvalue weighted by atomic mass is 16.4. The van der Waals surface area contributed by atoms with Crippen LogP contribution in [0.5, 0.6) is 0 Å². The molecular weight excluding hydrogens is 416 g/mol. The Bertz CT molecular complexity index is 1090. The fourth-order valence-corrected chi connectivity index (χ4v) is 5.78. The van der Waals surface area contributed by atoms with Crippen molar-refractivity contribution in [1.82, 2.24) is 20.4 Å². The van der Waals surface area contributed by atoms with Gasteiger partial charge in [0.15, 0.2) is 0 Å². The van der Waals surface area contributed by atoms with Crippen LogP contribution >= 0.6 is 0 Å². The topological polar surface area (TPSA) is 91.5 Å². The van der Waals surface area contributed by atoms with Crippen LogP contribution in [0.1, 0.15) is 52.2 Å². The molecule has 0 spiro atoms. The van der Waals surface area contributed by atoms with Gasteiger partial charge in [0.2, 0.25) is 12.3 Å². The van der Waals surface area contributed by atoms with Gasteiger partial charge >= 0.3 is 0 Å². The van der Waals surface area contributed by atoms with Crippen molar-refractivity contribution >= 4 is 5.91 Å². The monoisotopic (exact) mass is 444 g/mol. The second-order valence-corrected chi connectivity index (χ2v) is 9.64. The van der Waals surface area contributed by atoms with Crippen molar-refractivity contribution in [2.75, 3.05) is 13.1 Å². The minimum atomic E-state index is -0.484. The van der Waals surface area contributed by atoms with E-state index in [9.17, 15) is 9.90 Å². The van der Waals surface area contributed by atoms with Crippen LogP contribution in [0.25, 0.3) is 0 Å². The Kier molecular flexibility index (Phi) is 5.23. The summed E-state index contributed by atoms with van der Waals surface area (Å²) in [5.74, 6) is 2.02. The van der Waals surface area contributed by atoms with E-state index in [-0.39, 0.29) is 11.9 Å². The first-order valence-electron chi connectivity index (χ1n) is 11.8. The Labute approximate surface area is 192 Å². The van der Waals surface area contributed by atoms with Crippen molar-refractivity contribution in [2.24, 2.45) is 11.8 Å². The second-order valence-electron chi connectivity index (χ2n) is 9.64. The molecule has 0 bridgehead atoms. The number of hydrogen-bond donors (Lipinski definition) is 2. The number of aromatic nitrogens is 2. The summed E-state index contributed by atoms with van der Waals surface area (Å²) < 4.78 is 5.34. The summed E-state index contributed by atoms with van der Waals surface area (Å²) in [4.78, 5) is 14.9. The maximum atomic E-state index is 12.9. The zero-order chi connectivity index (χ0) is 22.4. The lowest BCUT2D eigenvalue weighted by Gasteiger charge is -2.21. The molecule has 7 nitrogen and oxygen atoms in total. The number of aliphatic hydroxyl groups is 1. The predicted octanol–water partition coefficient (Wildman–Crippen LogP) is 2.95. The van der Waals surface area contributed by atoms with E-state index in [0.29, 0.717) is 29.7 Å². The van der Waals surface area contributed by atoms with Crippen molar-refractivity contribution in [1.29, 1.82) is 0 Å². The minimum absolute atomic E-state index is 0.0795. The van der Waals surface area contributed by atoms with E-state index in [1.54, 1.807) is 0 Å². The average molecular weight is 445 g/mol. The molecule has 2 aliphatic heterocycles. The predicted molar refractivity (Wildman–Crippen MR) is 121 cm³/mol. The summed E-state index contributed by atoms with van der Waals surface area (Å²) in [6, 6.07) is 18.3. The van der Waals surface area contributed by atoms with Gasteiger partial charge in [0.1, 0.15) is 0 Å². The van der Waals surface area contributed by atoms with Crippen molar-refractivity contribution in [3.05, 3.63) is 83.6 Å². The zero-order valence-electron chi connectivity index (χ0n) is 18.4. The van der Waals surface area contributed by atoms with Crippen LogP contribution in [-0.2, 0) is 6.42 Å². The molecule has 170 valence electrons. The van der Waals surface area contributed by atoms with E-state index in [1.165, 1.54) is 12.0 Å². The number of aliphatic hydroxyl groups excluding tert-OH is 1. The molecule has 6 rings (SSSR count). The lowest BCUT2D eigenvalue weighted by molar-refractivity contribution is 0.0771. The van der Waals surface area contributed by atoms with Gasteiger partial charge in [0.05, 0.1) is 6.10 Å². The molecule has 1 aliphatic carbocycles. The Morgan fingerprint density at radius 2 is 1.85 bits per heavy atom. The van der Waals surface area contributed by atoms with Gasteiger partial charge in [0.25, 0.3) is 5.91 Å². The van der Waals surface area contributed by atoms with Crippen LogP contribution in [0.4, 0.5) is 0 Å². The molecule has 3 fully saturated rings. The van der Waals surface area contributed by atoms with Crippen LogP contribution < -0.4 is 5.32 Å².